The Hall–Kier alpha value is -1.76. The fraction of sp³-hybridized carbons (Fsp3) is 0.500. The van der Waals surface area contributed by atoms with Crippen LogP contribution in [0.5, 0.6) is 0 Å². The molecule has 1 rings (SSSR count). The molecule has 0 aliphatic carbocycles. The van der Waals surface area contributed by atoms with E-state index in [4.69, 9.17) is 4.74 Å². The molecule has 4 nitrogen and oxygen atoms in total. The SMILES string of the molecule is CC(C)CC#CCCOC(=O)n1ccnc1. The fourth-order valence-electron chi connectivity index (χ4n) is 0.996. The van der Waals surface area contributed by atoms with Gasteiger partial charge in [-0.05, 0) is 5.92 Å². The van der Waals surface area contributed by atoms with E-state index in [1.165, 1.54) is 17.1 Å². The van der Waals surface area contributed by atoms with Crippen molar-refractivity contribution in [1.29, 1.82) is 0 Å². The van der Waals surface area contributed by atoms with Crippen molar-refractivity contribution < 1.29 is 9.53 Å². The van der Waals surface area contributed by atoms with E-state index in [1.54, 1.807) is 6.20 Å². The molecule has 0 aromatic carbocycles. The van der Waals surface area contributed by atoms with Crippen LogP contribution in [0.25, 0.3) is 0 Å². The van der Waals surface area contributed by atoms with Gasteiger partial charge in [0.2, 0.25) is 0 Å². The normalized spacial score (nSPS) is 9.69. The molecule has 4 heteroatoms. The van der Waals surface area contributed by atoms with E-state index in [-0.39, 0.29) is 0 Å². The minimum atomic E-state index is -0.414. The Morgan fingerprint density at radius 3 is 2.94 bits per heavy atom. The molecule has 0 bridgehead atoms. The van der Waals surface area contributed by atoms with Crippen LogP contribution in [0.4, 0.5) is 4.79 Å². The van der Waals surface area contributed by atoms with Crippen molar-refractivity contribution >= 4 is 6.09 Å². The molecule has 0 unspecified atom stereocenters. The number of rotatable bonds is 3. The molecular weight excluding hydrogens is 204 g/mol. The molecule has 0 N–H and O–H groups in total. The Balaban J connectivity index is 2.16. The summed E-state index contributed by atoms with van der Waals surface area (Å²) in [6, 6.07) is 0. The van der Waals surface area contributed by atoms with Gasteiger partial charge in [0.25, 0.3) is 0 Å². The zero-order valence-corrected chi connectivity index (χ0v) is 9.64. The lowest BCUT2D eigenvalue weighted by Crippen LogP contribution is -2.12. The highest BCUT2D eigenvalue weighted by Crippen LogP contribution is 1.96. The second-order valence-corrected chi connectivity index (χ2v) is 3.79. The first-order chi connectivity index (χ1) is 7.70. The summed E-state index contributed by atoms with van der Waals surface area (Å²) in [5.74, 6) is 6.58. The topological polar surface area (TPSA) is 44.1 Å². The maximum absolute atomic E-state index is 11.3. The van der Waals surface area contributed by atoms with Crippen molar-refractivity contribution in [3.8, 4) is 11.8 Å². The van der Waals surface area contributed by atoms with Gasteiger partial charge in [-0.25, -0.2) is 14.3 Å². The van der Waals surface area contributed by atoms with Gasteiger partial charge in [0.1, 0.15) is 12.9 Å². The highest BCUT2D eigenvalue weighted by Gasteiger charge is 2.02. The van der Waals surface area contributed by atoms with E-state index in [0.29, 0.717) is 18.9 Å². The first kappa shape index (κ1) is 12.3. The van der Waals surface area contributed by atoms with Crippen molar-refractivity contribution in [2.24, 2.45) is 5.92 Å². The first-order valence-corrected chi connectivity index (χ1v) is 5.31. The monoisotopic (exact) mass is 220 g/mol. The molecule has 0 amide bonds. The van der Waals surface area contributed by atoms with Crippen LogP contribution in [-0.2, 0) is 4.74 Å². The maximum Gasteiger partial charge on any atom is 0.419 e. The van der Waals surface area contributed by atoms with Gasteiger partial charge in [0, 0.05) is 25.2 Å². The van der Waals surface area contributed by atoms with Gasteiger partial charge in [-0.1, -0.05) is 19.8 Å². The molecule has 1 aromatic heterocycles. The zero-order valence-electron chi connectivity index (χ0n) is 9.64. The summed E-state index contributed by atoms with van der Waals surface area (Å²) in [5, 5.41) is 0. The van der Waals surface area contributed by atoms with E-state index in [9.17, 15) is 4.79 Å². The molecule has 1 heterocycles. The number of carbonyl (C=O) groups is 1. The number of hydrogen-bond donors (Lipinski definition) is 0. The predicted molar refractivity (Wildman–Crippen MR) is 60.8 cm³/mol. The third-order valence-corrected chi connectivity index (χ3v) is 1.80. The average molecular weight is 220 g/mol. The summed E-state index contributed by atoms with van der Waals surface area (Å²) in [5.41, 5.74) is 0. The van der Waals surface area contributed by atoms with Gasteiger partial charge in [-0.2, -0.15) is 0 Å². The summed E-state index contributed by atoms with van der Waals surface area (Å²) < 4.78 is 6.27. The second-order valence-electron chi connectivity index (χ2n) is 3.79. The van der Waals surface area contributed by atoms with Gasteiger partial charge in [-0.3, -0.25) is 0 Å². The Labute approximate surface area is 95.6 Å². The first-order valence-electron chi connectivity index (χ1n) is 5.31. The van der Waals surface area contributed by atoms with E-state index in [0.717, 1.165) is 6.42 Å². The summed E-state index contributed by atoms with van der Waals surface area (Å²) >= 11 is 0. The molecule has 0 saturated heterocycles. The van der Waals surface area contributed by atoms with Crippen LogP contribution in [0, 0.1) is 17.8 Å². The van der Waals surface area contributed by atoms with Gasteiger partial charge >= 0.3 is 6.09 Å². The second kappa shape index (κ2) is 6.67. The molecule has 0 radical (unpaired) electrons. The van der Waals surface area contributed by atoms with E-state index >= 15 is 0 Å². The standard InChI is InChI=1S/C12H16N2O2/c1-11(2)6-4-3-5-9-16-12(15)14-8-7-13-10-14/h7-8,10-11H,5-6,9H2,1-2H3. The largest absolute Gasteiger partial charge is 0.448 e. The summed E-state index contributed by atoms with van der Waals surface area (Å²) in [6.07, 6.45) is 5.54. The van der Waals surface area contributed by atoms with Crippen LogP contribution >= 0.6 is 0 Å². The van der Waals surface area contributed by atoms with Gasteiger partial charge in [0.15, 0.2) is 0 Å². The number of imidazole rings is 1. The number of nitrogens with zero attached hydrogens (tertiary/aromatic N) is 2. The lowest BCUT2D eigenvalue weighted by molar-refractivity contribution is 0.150. The molecule has 0 atom stereocenters. The summed E-state index contributed by atoms with van der Waals surface area (Å²) in [7, 11) is 0. The highest BCUT2D eigenvalue weighted by molar-refractivity contribution is 5.69. The maximum atomic E-state index is 11.3. The number of ether oxygens (including phenoxy) is 1. The third-order valence-electron chi connectivity index (χ3n) is 1.80. The number of hydrogen-bond acceptors (Lipinski definition) is 3. The number of carbonyl (C=O) groups excluding carboxylic acids is 1. The third kappa shape index (κ3) is 4.65. The van der Waals surface area contributed by atoms with Crippen molar-refractivity contribution in [1.82, 2.24) is 9.55 Å². The van der Waals surface area contributed by atoms with Crippen LogP contribution < -0.4 is 0 Å². The van der Waals surface area contributed by atoms with E-state index in [1.807, 2.05) is 0 Å². The molecule has 86 valence electrons. The summed E-state index contributed by atoms with van der Waals surface area (Å²) in [6.45, 7) is 4.56. The minimum Gasteiger partial charge on any atom is -0.448 e. The van der Waals surface area contributed by atoms with Crippen molar-refractivity contribution in [3.05, 3.63) is 18.7 Å². The van der Waals surface area contributed by atoms with Crippen molar-refractivity contribution in [2.75, 3.05) is 6.61 Å². The lowest BCUT2D eigenvalue weighted by atomic mass is 10.1. The van der Waals surface area contributed by atoms with Crippen LogP contribution in [0.3, 0.4) is 0 Å². The average Bonchev–Trinajstić information content (AvgIpc) is 2.75. The highest BCUT2D eigenvalue weighted by atomic mass is 16.5. The Morgan fingerprint density at radius 2 is 2.31 bits per heavy atom. The summed E-state index contributed by atoms with van der Waals surface area (Å²) in [4.78, 5) is 15.1. The molecule has 0 fully saturated rings. The lowest BCUT2D eigenvalue weighted by Gasteiger charge is -2.01. The molecular formula is C12H16N2O2. The predicted octanol–water partition coefficient (Wildman–Crippen LogP) is 2.31. The molecule has 1 aromatic rings. The van der Waals surface area contributed by atoms with Gasteiger partial charge < -0.3 is 4.74 Å². The molecule has 0 spiro atoms. The van der Waals surface area contributed by atoms with Crippen LogP contribution in [-0.4, -0.2) is 22.3 Å². The van der Waals surface area contributed by atoms with E-state index in [2.05, 4.69) is 30.7 Å². The minimum absolute atomic E-state index is 0.322. The quantitative estimate of drug-likeness (QED) is 0.580. The fourth-order valence-corrected chi connectivity index (χ4v) is 0.996. The zero-order chi connectivity index (χ0) is 11.8. The van der Waals surface area contributed by atoms with E-state index < -0.39 is 6.09 Å². The Bertz CT molecular complexity index is 371. The van der Waals surface area contributed by atoms with Gasteiger partial charge in [-0.15, -0.1) is 5.92 Å². The molecule has 0 saturated carbocycles. The molecule has 0 aliphatic heterocycles. The smallest absolute Gasteiger partial charge is 0.419 e. The Kier molecular flexibility index (Phi) is 5.13. The molecule has 16 heavy (non-hydrogen) atoms. The Morgan fingerprint density at radius 1 is 1.50 bits per heavy atom. The van der Waals surface area contributed by atoms with Crippen LogP contribution in [0.15, 0.2) is 18.7 Å². The molecule has 0 aliphatic rings. The van der Waals surface area contributed by atoms with Crippen molar-refractivity contribution in [3.63, 3.8) is 0 Å². The van der Waals surface area contributed by atoms with Crippen LogP contribution in [0.2, 0.25) is 0 Å². The number of aromatic nitrogens is 2. The van der Waals surface area contributed by atoms with Crippen LogP contribution in [0.1, 0.15) is 26.7 Å². The van der Waals surface area contributed by atoms with Crippen molar-refractivity contribution in [2.45, 2.75) is 26.7 Å². The van der Waals surface area contributed by atoms with Gasteiger partial charge in [0.05, 0.1) is 0 Å².